The minimum Gasteiger partial charge on any atom is -0.491 e. The molecule has 0 aliphatic heterocycles. The molecular weight excluding hydrogens is 495 g/mol. The number of likely N-dealkylation sites (N-methyl/N-ethyl adjacent to an activating group) is 1. The molecule has 0 saturated heterocycles. The maximum Gasteiger partial charge on any atom is 0.261 e. The van der Waals surface area contributed by atoms with Crippen LogP contribution < -0.4 is 14.2 Å². The molecule has 0 aromatic heterocycles. The lowest BCUT2D eigenvalue weighted by atomic mass is 10.3. The Kier molecular flexibility index (Phi) is 8.14. The number of ether oxygens (including phenoxy) is 2. The van der Waals surface area contributed by atoms with E-state index in [9.17, 15) is 8.42 Å². The number of halogens is 3. The van der Waals surface area contributed by atoms with Gasteiger partial charge < -0.3 is 14.4 Å². The summed E-state index contributed by atoms with van der Waals surface area (Å²) in [4.78, 5) is 2.04. The maximum atomic E-state index is 12.8. The monoisotopic (exact) mass is 514 g/mol. The normalized spacial score (nSPS) is 11.4. The van der Waals surface area contributed by atoms with Crippen LogP contribution in [0.2, 0.25) is 15.1 Å². The summed E-state index contributed by atoms with van der Waals surface area (Å²) in [6.45, 7) is 1.12. The standard InChI is InChI=1S/C22H21Cl3N2O4S/c1-27(2)9-10-30-22-14-17(3-8-21(22)25)26-32(28,29)20-6-4-18(5-7-20)31-19-12-15(23)11-16(24)13-19/h3-8,11-14,26H,9-10H2,1-2H3. The first-order chi connectivity index (χ1) is 15.1. The fourth-order valence-corrected chi connectivity index (χ4v) is 4.37. The van der Waals surface area contributed by atoms with Crippen molar-refractivity contribution in [1.82, 2.24) is 4.90 Å². The van der Waals surface area contributed by atoms with Crippen molar-refractivity contribution in [3.8, 4) is 17.2 Å². The molecule has 3 aromatic rings. The molecule has 0 bridgehead atoms. The molecule has 0 aliphatic carbocycles. The number of anilines is 1. The lowest BCUT2D eigenvalue weighted by Crippen LogP contribution is -2.19. The van der Waals surface area contributed by atoms with Crippen molar-refractivity contribution in [3.05, 3.63) is 75.7 Å². The van der Waals surface area contributed by atoms with Gasteiger partial charge in [0.25, 0.3) is 10.0 Å². The molecule has 3 rings (SSSR count). The van der Waals surface area contributed by atoms with Gasteiger partial charge >= 0.3 is 0 Å². The molecular formula is C22H21Cl3N2O4S. The van der Waals surface area contributed by atoms with Crippen LogP contribution in [-0.4, -0.2) is 40.6 Å². The summed E-state index contributed by atoms with van der Waals surface area (Å²) < 4.78 is 39.5. The number of sulfonamides is 1. The van der Waals surface area contributed by atoms with Crippen molar-refractivity contribution in [2.45, 2.75) is 4.90 Å². The topological polar surface area (TPSA) is 67.9 Å². The van der Waals surface area contributed by atoms with E-state index < -0.39 is 10.0 Å². The van der Waals surface area contributed by atoms with E-state index in [1.807, 2.05) is 19.0 Å². The van der Waals surface area contributed by atoms with Gasteiger partial charge in [-0.1, -0.05) is 34.8 Å². The molecule has 0 radical (unpaired) electrons. The molecule has 0 heterocycles. The van der Waals surface area contributed by atoms with E-state index in [-0.39, 0.29) is 4.90 Å². The number of hydrogen-bond acceptors (Lipinski definition) is 5. The zero-order chi connectivity index (χ0) is 23.3. The molecule has 170 valence electrons. The molecule has 3 aromatic carbocycles. The Morgan fingerprint density at radius 2 is 1.53 bits per heavy atom. The van der Waals surface area contributed by atoms with E-state index in [4.69, 9.17) is 44.3 Å². The van der Waals surface area contributed by atoms with Crippen molar-refractivity contribution < 1.29 is 17.9 Å². The predicted octanol–water partition coefficient (Wildman–Crippen LogP) is 6.18. The zero-order valence-electron chi connectivity index (χ0n) is 17.3. The molecule has 0 spiro atoms. The molecule has 10 heteroatoms. The van der Waals surface area contributed by atoms with Gasteiger partial charge in [-0.05, 0) is 68.7 Å². The Balaban J connectivity index is 1.71. The van der Waals surface area contributed by atoms with Crippen molar-refractivity contribution in [2.75, 3.05) is 32.0 Å². The first-order valence-corrected chi connectivity index (χ1v) is 12.1. The molecule has 6 nitrogen and oxygen atoms in total. The van der Waals surface area contributed by atoms with E-state index in [1.165, 1.54) is 12.1 Å². The van der Waals surface area contributed by atoms with Crippen molar-refractivity contribution in [1.29, 1.82) is 0 Å². The van der Waals surface area contributed by atoms with Gasteiger partial charge in [0.2, 0.25) is 0 Å². The van der Waals surface area contributed by atoms with Crippen LogP contribution in [0, 0.1) is 0 Å². The highest BCUT2D eigenvalue weighted by atomic mass is 35.5. The van der Waals surface area contributed by atoms with Gasteiger partial charge in [-0.2, -0.15) is 0 Å². The minimum absolute atomic E-state index is 0.0685. The summed E-state index contributed by atoms with van der Waals surface area (Å²) in [6.07, 6.45) is 0. The van der Waals surface area contributed by atoms with E-state index in [1.54, 1.807) is 48.5 Å². The smallest absolute Gasteiger partial charge is 0.261 e. The second kappa shape index (κ2) is 10.6. The summed E-state index contributed by atoms with van der Waals surface area (Å²) in [7, 11) is 0.0185. The van der Waals surface area contributed by atoms with Gasteiger partial charge in [0.05, 0.1) is 15.6 Å². The van der Waals surface area contributed by atoms with E-state index in [0.29, 0.717) is 51.2 Å². The molecule has 1 N–H and O–H groups in total. The fraction of sp³-hybridized carbons (Fsp3) is 0.182. The third-order valence-electron chi connectivity index (χ3n) is 4.19. The van der Waals surface area contributed by atoms with Crippen LogP contribution in [0.4, 0.5) is 5.69 Å². The zero-order valence-corrected chi connectivity index (χ0v) is 20.4. The van der Waals surface area contributed by atoms with Crippen LogP contribution in [0.25, 0.3) is 0 Å². The largest absolute Gasteiger partial charge is 0.491 e. The summed E-state index contributed by atoms with van der Waals surface area (Å²) >= 11 is 18.1. The van der Waals surface area contributed by atoms with Crippen LogP contribution in [0.1, 0.15) is 0 Å². The Morgan fingerprint density at radius 3 is 2.16 bits per heavy atom. The van der Waals surface area contributed by atoms with E-state index >= 15 is 0 Å². The lowest BCUT2D eigenvalue weighted by Gasteiger charge is -2.14. The highest BCUT2D eigenvalue weighted by molar-refractivity contribution is 7.92. The number of rotatable bonds is 9. The Bertz CT molecular complexity index is 1170. The first-order valence-electron chi connectivity index (χ1n) is 9.46. The molecule has 0 unspecified atom stereocenters. The number of nitrogens with zero attached hydrogens (tertiary/aromatic N) is 1. The van der Waals surface area contributed by atoms with E-state index in [0.717, 1.165) is 0 Å². The highest BCUT2D eigenvalue weighted by Gasteiger charge is 2.16. The van der Waals surface area contributed by atoms with Gasteiger partial charge in [-0.25, -0.2) is 8.42 Å². The van der Waals surface area contributed by atoms with Crippen LogP contribution >= 0.6 is 34.8 Å². The summed E-state index contributed by atoms with van der Waals surface area (Å²) in [6, 6.07) is 15.5. The van der Waals surface area contributed by atoms with Gasteiger partial charge in [-0.3, -0.25) is 4.72 Å². The maximum absolute atomic E-state index is 12.8. The van der Waals surface area contributed by atoms with Crippen LogP contribution in [0.15, 0.2) is 65.6 Å². The highest BCUT2D eigenvalue weighted by Crippen LogP contribution is 2.31. The molecule has 0 amide bonds. The Labute approximate surface area is 202 Å². The fourth-order valence-electron chi connectivity index (χ4n) is 2.64. The number of benzene rings is 3. The summed E-state index contributed by atoms with van der Waals surface area (Å²) in [5.41, 5.74) is 0.336. The quantitative estimate of drug-likeness (QED) is 0.368. The summed E-state index contributed by atoms with van der Waals surface area (Å²) in [5, 5.41) is 1.27. The van der Waals surface area contributed by atoms with Crippen LogP contribution in [-0.2, 0) is 10.0 Å². The second-order valence-electron chi connectivity index (χ2n) is 7.08. The number of hydrogen-bond donors (Lipinski definition) is 1. The second-order valence-corrected chi connectivity index (χ2v) is 10.0. The molecule has 0 aliphatic rings. The van der Waals surface area contributed by atoms with Crippen molar-refractivity contribution in [2.24, 2.45) is 0 Å². The van der Waals surface area contributed by atoms with Gasteiger partial charge in [0.15, 0.2) is 0 Å². The van der Waals surface area contributed by atoms with Crippen molar-refractivity contribution in [3.63, 3.8) is 0 Å². The van der Waals surface area contributed by atoms with E-state index in [2.05, 4.69) is 4.72 Å². The first kappa shape index (κ1) is 24.5. The Hall–Kier alpha value is -2.16. The molecule has 0 atom stereocenters. The molecule has 0 saturated carbocycles. The minimum atomic E-state index is -3.83. The van der Waals surface area contributed by atoms with Gasteiger partial charge in [0.1, 0.15) is 23.9 Å². The van der Waals surface area contributed by atoms with Crippen LogP contribution in [0.5, 0.6) is 17.2 Å². The summed E-state index contributed by atoms with van der Waals surface area (Å²) in [5.74, 6) is 1.28. The van der Waals surface area contributed by atoms with Crippen molar-refractivity contribution >= 4 is 50.5 Å². The average molecular weight is 516 g/mol. The number of nitrogens with one attached hydrogen (secondary N) is 1. The van der Waals surface area contributed by atoms with Crippen LogP contribution in [0.3, 0.4) is 0 Å². The van der Waals surface area contributed by atoms with Gasteiger partial charge in [-0.15, -0.1) is 0 Å². The Morgan fingerprint density at radius 1 is 0.875 bits per heavy atom. The predicted molar refractivity (Wildman–Crippen MR) is 129 cm³/mol. The van der Waals surface area contributed by atoms with Gasteiger partial charge in [0, 0.05) is 22.7 Å². The average Bonchev–Trinajstić information content (AvgIpc) is 2.69. The molecule has 0 fully saturated rings. The lowest BCUT2D eigenvalue weighted by molar-refractivity contribution is 0.261. The third-order valence-corrected chi connectivity index (χ3v) is 6.33. The molecule has 32 heavy (non-hydrogen) atoms. The SMILES string of the molecule is CN(C)CCOc1cc(NS(=O)(=O)c2ccc(Oc3cc(Cl)cc(Cl)c3)cc2)ccc1Cl. The third kappa shape index (κ3) is 6.92.